The van der Waals surface area contributed by atoms with Gasteiger partial charge in [-0.1, -0.05) is 85.3 Å². The topological polar surface area (TPSA) is 61.9 Å². The van der Waals surface area contributed by atoms with Gasteiger partial charge in [0.25, 0.3) is 11.8 Å². The van der Waals surface area contributed by atoms with Crippen molar-refractivity contribution in [1.29, 1.82) is 0 Å². The van der Waals surface area contributed by atoms with Crippen LogP contribution in [0.5, 0.6) is 0 Å². The summed E-state index contributed by atoms with van der Waals surface area (Å²) >= 11 is 0. The van der Waals surface area contributed by atoms with Crippen molar-refractivity contribution in [2.24, 2.45) is 0 Å². The fourth-order valence-electron chi connectivity index (χ4n) is 6.31. The van der Waals surface area contributed by atoms with Gasteiger partial charge in [-0.15, -0.1) is 0 Å². The summed E-state index contributed by atoms with van der Waals surface area (Å²) in [6, 6.07) is 36.7. The van der Waals surface area contributed by atoms with Gasteiger partial charge in [0, 0.05) is 50.2 Å². The standard InChI is InChI=1S/C39H42N4O3/c1-3-22-43(38(44)33-18-16-30(2)17-19-33)28-34-15-10-23-42(34)29-35-20-21-36(46-35)39(45)41-26-24-40(25-27-41)37(31-11-6-4-7-12-31)32-13-8-5-9-14-32/h4-21,23,37H,3,22,24-29H2,1-2H3. The van der Waals surface area contributed by atoms with Crippen LogP contribution in [0.1, 0.15) is 68.4 Å². The molecule has 7 nitrogen and oxygen atoms in total. The molecule has 236 valence electrons. The van der Waals surface area contributed by atoms with Crippen LogP contribution in [0.4, 0.5) is 0 Å². The number of carbonyl (C=O) groups is 2. The maximum atomic E-state index is 13.5. The normalized spacial score (nSPS) is 13.7. The van der Waals surface area contributed by atoms with Crippen LogP contribution in [0.3, 0.4) is 0 Å². The minimum absolute atomic E-state index is 0.0273. The molecule has 3 aromatic carbocycles. The second kappa shape index (κ2) is 14.5. The van der Waals surface area contributed by atoms with Gasteiger partial charge in [-0.3, -0.25) is 14.5 Å². The van der Waals surface area contributed by atoms with Crippen LogP contribution in [-0.4, -0.2) is 63.8 Å². The van der Waals surface area contributed by atoms with Crippen LogP contribution in [0.25, 0.3) is 0 Å². The molecule has 0 unspecified atom stereocenters. The number of benzene rings is 3. The zero-order valence-electron chi connectivity index (χ0n) is 26.7. The Morgan fingerprint density at radius 1 is 0.783 bits per heavy atom. The zero-order valence-corrected chi connectivity index (χ0v) is 26.7. The van der Waals surface area contributed by atoms with Crippen LogP contribution in [0, 0.1) is 6.92 Å². The third kappa shape index (κ3) is 7.16. The van der Waals surface area contributed by atoms with Crippen molar-refractivity contribution in [2.75, 3.05) is 32.7 Å². The second-order valence-corrected chi connectivity index (χ2v) is 12.0. The van der Waals surface area contributed by atoms with Crippen molar-refractivity contribution < 1.29 is 14.0 Å². The molecule has 1 fully saturated rings. The third-order valence-corrected chi connectivity index (χ3v) is 8.75. The Morgan fingerprint density at radius 3 is 2.07 bits per heavy atom. The van der Waals surface area contributed by atoms with E-state index in [4.69, 9.17) is 4.42 Å². The predicted octanol–water partition coefficient (Wildman–Crippen LogP) is 7.04. The van der Waals surface area contributed by atoms with E-state index in [2.05, 4.69) is 64.9 Å². The lowest BCUT2D eigenvalue weighted by Crippen LogP contribution is -2.49. The van der Waals surface area contributed by atoms with E-state index in [0.717, 1.165) is 30.8 Å². The monoisotopic (exact) mass is 614 g/mol. The molecule has 46 heavy (non-hydrogen) atoms. The highest BCUT2D eigenvalue weighted by molar-refractivity contribution is 5.94. The van der Waals surface area contributed by atoms with Crippen molar-refractivity contribution in [3.8, 4) is 0 Å². The smallest absolute Gasteiger partial charge is 0.289 e. The van der Waals surface area contributed by atoms with Gasteiger partial charge in [0.1, 0.15) is 5.76 Å². The van der Waals surface area contributed by atoms with Crippen molar-refractivity contribution in [3.63, 3.8) is 0 Å². The molecule has 2 aromatic heterocycles. The van der Waals surface area contributed by atoms with Crippen LogP contribution in [0.15, 0.2) is 120 Å². The first-order valence-corrected chi connectivity index (χ1v) is 16.2. The van der Waals surface area contributed by atoms with E-state index < -0.39 is 0 Å². The largest absolute Gasteiger partial charge is 0.454 e. The van der Waals surface area contributed by atoms with Crippen molar-refractivity contribution >= 4 is 11.8 Å². The molecule has 0 radical (unpaired) electrons. The summed E-state index contributed by atoms with van der Waals surface area (Å²) in [6.45, 7) is 8.57. The number of amides is 2. The second-order valence-electron chi connectivity index (χ2n) is 12.0. The Hall–Kier alpha value is -4.88. The SMILES string of the molecule is CCCN(Cc1cccn1Cc1ccc(C(=O)N2CCN(C(c3ccccc3)c3ccccc3)CC2)o1)C(=O)c1ccc(C)cc1. The number of piperazine rings is 1. The summed E-state index contributed by atoms with van der Waals surface area (Å²) in [5.41, 5.74) is 5.35. The molecule has 0 saturated carbocycles. The quantitative estimate of drug-likeness (QED) is 0.160. The van der Waals surface area contributed by atoms with E-state index in [9.17, 15) is 9.59 Å². The lowest BCUT2D eigenvalue weighted by molar-refractivity contribution is 0.0565. The van der Waals surface area contributed by atoms with Crippen molar-refractivity contribution in [3.05, 3.63) is 155 Å². The highest BCUT2D eigenvalue weighted by atomic mass is 16.4. The molecule has 1 saturated heterocycles. The summed E-state index contributed by atoms with van der Waals surface area (Å²) in [4.78, 5) is 33.1. The van der Waals surface area contributed by atoms with Crippen LogP contribution < -0.4 is 0 Å². The van der Waals surface area contributed by atoms with Gasteiger partial charge in [-0.05, 0) is 60.9 Å². The van der Waals surface area contributed by atoms with Gasteiger partial charge in [-0.2, -0.15) is 0 Å². The summed E-state index contributed by atoms with van der Waals surface area (Å²) in [5, 5.41) is 0. The Bertz CT molecular complexity index is 1680. The van der Waals surface area contributed by atoms with Gasteiger partial charge in [0.15, 0.2) is 5.76 Å². The third-order valence-electron chi connectivity index (χ3n) is 8.75. The fourth-order valence-corrected chi connectivity index (χ4v) is 6.31. The summed E-state index contributed by atoms with van der Waals surface area (Å²) in [7, 11) is 0. The minimum Gasteiger partial charge on any atom is -0.454 e. The molecule has 0 spiro atoms. The lowest BCUT2D eigenvalue weighted by Gasteiger charge is -2.39. The average Bonchev–Trinajstić information content (AvgIpc) is 3.75. The Balaban J connectivity index is 1.09. The van der Waals surface area contributed by atoms with Crippen LogP contribution in [-0.2, 0) is 13.1 Å². The number of hydrogen-bond donors (Lipinski definition) is 0. The van der Waals surface area contributed by atoms with Crippen molar-refractivity contribution in [1.82, 2.24) is 19.3 Å². The average molecular weight is 615 g/mol. The van der Waals surface area contributed by atoms with Crippen LogP contribution in [0.2, 0.25) is 0 Å². The Morgan fingerprint density at radius 2 is 1.43 bits per heavy atom. The van der Waals surface area contributed by atoms with Gasteiger partial charge < -0.3 is 18.8 Å². The van der Waals surface area contributed by atoms with E-state index in [1.165, 1.54) is 11.1 Å². The van der Waals surface area contributed by atoms with E-state index in [-0.39, 0.29) is 17.9 Å². The molecule has 0 atom stereocenters. The molecule has 0 N–H and O–H groups in total. The first-order chi connectivity index (χ1) is 22.5. The number of nitrogens with zero attached hydrogens (tertiary/aromatic N) is 4. The van der Waals surface area contributed by atoms with E-state index >= 15 is 0 Å². The minimum atomic E-state index is -0.0765. The summed E-state index contributed by atoms with van der Waals surface area (Å²) in [6.07, 6.45) is 2.87. The fraction of sp³-hybridized carbons (Fsp3) is 0.282. The number of rotatable bonds is 11. The number of aromatic nitrogens is 1. The van der Waals surface area contributed by atoms with Crippen molar-refractivity contribution in [2.45, 2.75) is 39.4 Å². The number of aryl methyl sites for hydroxylation is 1. The molecule has 1 aliphatic rings. The number of carbonyl (C=O) groups excluding carboxylic acids is 2. The van der Waals surface area contributed by atoms with E-state index in [1.54, 1.807) is 6.07 Å². The lowest BCUT2D eigenvalue weighted by atomic mass is 9.96. The predicted molar refractivity (Wildman–Crippen MR) is 181 cm³/mol. The molecular formula is C39H42N4O3. The molecule has 3 heterocycles. The van der Waals surface area contributed by atoms with Crippen LogP contribution >= 0.6 is 0 Å². The first-order valence-electron chi connectivity index (χ1n) is 16.2. The molecule has 6 rings (SSSR count). The zero-order chi connectivity index (χ0) is 31.9. The van der Waals surface area contributed by atoms with Gasteiger partial charge >= 0.3 is 0 Å². The molecule has 2 amide bonds. The maximum Gasteiger partial charge on any atom is 0.289 e. The summed E-state index contributed by atoms with van der Waals surface area (Å²) in [5.74, 6) is 1.02. The molecule has 5 aromatic rings. The van der Waals surface area contributed by atoms with Gasteiger partial charge in [0.05, 0.1) is 19.1 Å². The highest BCUT2D eigenvalue weighted by Crippen LogP contribution is 2.30. The molecular weight excluding hydrogens is 572 g/mol. The Kier molecular flexibility index (Phi) is 9.79. The van der Waals surface area contributed by atoms with Gasteiger partial charge in [-0.25, -0.2) is 0 Å². The molecule has 0 bridgehead atoms. The first kappa shape index (κ1) is 31.1. The van der Waals surface area contributed by atoms with Gasteiger partial charge in [0.2, 0.25) is 0 Å². The van der Waals surface area contributed by atoms with E-state index in [1.807, 2.05) is 77.5 Å². The Labute approximate surface area is 271 Å². The maximum absolute atomic E-state index is 13.5. The number of furan rings is 1. The molecule has 7 heteroatoms. The van der Waals surface area contributed by atoms with E-state index in [0.29, 0.717) is 49.8 Å². The summed E-state index contributed by atoms with van der Waals surface area (Å²) < 4.78 is 8.20. The number of hydrogen-bond acceptors (Lipinski definition) is 4. The highest BCUT2D eigenvalue weighted by Gasteiger charge is 2.29. The molecule has 1 aliphatic heterocycles. The molecule has 0 aliphatic carbocycles.